The van der Waals surface area contributed by atoms with Gasteiger partial charge in [-0.15, -0.1) is 0 Å². The number of halogens is 1. The van der Waals surface area contributed by atoms with E-state index in [-0.39, 0.29) is 16.3 Å². The van der Waals surface area contributed by atoms with Crippen molar-refractivity contribution >= 4 is 51.6 Å². The second-order valence-corrected chi connectivity index (χ2v) is 12.8. The molecule has 4 aromatic rings. The van der Waals surface area contributed by atoms with E-state index < -0.39 is 6.03 Å². The smallest absolute Gasteiger partial charge is 0.324 e. The minimum Gasteiger partial charge on any atom is -0.491 e. The summed E-state index contributed by atoms with van der Waals surface area (Å²) in [5.41, 5.74) is 2.26. The molecule has 0 saturated carbocycles. The van der Waals surface area contributed by atoms with Gasteiger partial charge in [0.25, 0.3) is 0 Å². The molecule has 0 atom stereocenters. The van der Waals surface area contributed by atoms with Crippen molar-refractivity contribution in [2.45, 2.75) is 39.5 Å². The van der Waals surface area contributed by atoms with Crippen molar-refractivity contribution in [2.24, 2.45) is 0 Å². The standard InChI is InChI=1S/C33H41ClN8O4/c1-21(43)36-27-18-23-26(19-29(27)45-16-6-11-42-14-12-41(5)13-15-42)35-10-9-28(23)46-22-7-8-25(24(34)17-22)37-32(44)38-31-20-30(39-40-31)33(2,3)4/h7-10,17-20H,6,11-16H2,1-5H3,(H,36,43)(H3,37,38,39,40,44). The molecule has 0 unspecified atom stereocenters. The molecule has 0 aliphatic carbocycles. The Kier molecular flexibility index (Phi) is 10.3. The number of carbonyl (C=O) groups is 2. The summed E-state index contributed by atoms with van der Waals surface area (Å²) in [7, 11) is 2.14. The van der Waals surface area contributed by atoms with E-state index in [1.54, 1.807) is 42.6 Å². The summed E-state index contributed by atoms with van der Waals surface area (Å²) in [6.07, 6.45) is 2.52. The zero-order chi connectivity index (χ0) is 32.8. The number of hydrogen-bond donors (Lipinski definition) is 4. The molecule has 4 N–H and O–H groups in total. The number of anilines is 3. The Balaban J connectivity index is 1.25. The molecular weight excluding hydrogens is 608 g/mol. The lowest BCUT2D eigenvalue weighted by molar-refractivity contribution is -0.114. The van der Waals surface area contributed by atoms with Crippen molar-refractivity contribution < 1.29 is 19.1 Å². The number of H-pyrrole nitrogens is 1. The van der Waals surface area contributed by atoms with Crippen molar-refractivity contribution in [2.75, 3.05) is 62.3 Å². The molecule has 2 aromatic heterocycles. The molecular formula is C33H41ClN8O4. The number of hydrogen-bond acceptors (Lipinski definition) is 8. The first-order valence-electron chi connectivity index (χ1n) is 15.3. The van der Waals surface area contributed by atoms with E-state index in [9.17, 15) is 9.59 Å². The number of pyridine rings is 1. The molecule has 2 aromatic carbocycles. The van der Waals surface area contributed by atoms with Crippen molar-refractivity contribution in [3.05, 3.63) is 59.4 Å². The van der Waals surface area contributed by atoms with E-state index in [0.717, 1.165) is 44.8 Å². The fraction of sp³-hybridized carbons (Fsp3) is 0.394. The predicted molar refractivity (Wildman–Crippen MR) is 182 cm³/mol. The van der Waals surface area contributed by atoms with Gasteiger partial charge in [-0.05, 0) is 37.7 Å². The summed E-state index contributed by atoms with van der Waals surface area (Å²) in [5.74, 6) is 1.78. The molecule has 3 amide bonds. The van der Waals surface area contributed by atoms with Crippen LogP contribution in [0.2, 0.25) is 5.02 Å². The van der Waals surface area contributed by atoms with Crippen LogP contribution in [0.15, 0.2) is 48.7 Å². The summed E-state index contributed by atoms with van der Waals surface area (Å²) in [4.78, 5) is 33.9. The molecule has 1 fully saturated rings. The van der Waals surface area contributed by atoms with Gasteiger partial charge in [-0.3, -0.25) is 20.2 Å². The number of benzene rings is 2. The molecule has 5 rings (SSSR count). The zero-order valence-electron chi connectivity index (χ0n) is 26.9. The highest BCUT2D eigenvalue weighted by atomic mass is 35.5. The van der Waals surface area contributed by atoms with Gasteiger partial charge in [0, 0.05) is 74.8 Å². The highest BCUT2D eigenvalue weighted by Crippen LogP contribution is 2.37. The first-order valence-corrected chi connectivity index (χ1v) is 15.7. The molecule has 0 bridgehead atoms. The van der Waals surface area contributed by atoms with Crippen LogP contribution in [0, 0.1) is 0 Å². The van der Waals surface area contributed by atoms with Crippen LogP contribution >= 0.6 is 11.6 Å². The third-order valence-corrected chi connectivity index (χ3v) is 7.91. The fourth-order valence-corrected chi connectivity index (χ4v) is 5.24. The van der Waals surface area contributed by atoms with Crippen LogP contribution in [-0.4, -0.2) is 83.3 Å². The number of aromatic amines is 1. The Hall–Kier alpha value is -4.39. The summed E-state index contributed by atoms with van der Waals surface area (Å²) in [6, 6.07) is 11.6. The average Bonchev–Trinajstić information content (AvgIpc) is 3.47. The maximum Gasteiger partial charge on any atom is 0.324 e. The van der Waals surface area contributed by atoms with Gasteiger partial charge in [0.05, 0.1) is 34.2 Å². The Morgan fingerprint density at radius 2 is 1.76 bits per heavy atom. The number of piperazine rings is 1. The van der Waals surface area contributed by atoms with Gasteiger partial charge in [-0.2, -0.15) is 5.10 Å². The summed E-state index contributed by atoms with van der Waals surface area (Å²) in [5, 5.41) is 16.4. The number of aromatic nitrogens is 3. The summed E-state index contributed by atoms with van der Waals surface area (Å²) < 4.78 is 12.3. The van der Waals surface area contributed by atoms with E-state index in [4.69, 9.17) is 21.1 Å². The fourth-order valence-electron chi connectivity index (χ4n) is 5.02. The van der Waals surface area contributed by atoms with Crippen molar-refractivity contribution in [3.8, 4) is 17.2 Å². The quantitative estimate of drug-likeness (QED) is 0.147. The van der Waals surface area contributed by atoms with Crippen molar-refractivity contribution in [3.63, 3.8) is 0 Å². The minimum atomic E-state index is -0.470. The predicted octanol–water partition coefficient (Wildman–Crippen LogP) is 6.32. The van der Waals surface area contributed by atoms with Crippen molar-refractivity contribution in [1.82, 2.24) is 25.0 Å². The van der Waals surface area contributed by atoms with Crippen LogP contribution in [0.4, 0.5) is 22.0 Å². The van der Waals surface area contributed by atoms with Crippen LogP contribution < -0.4 is 25.4 Å². The molecule has 0 radical (unpaired) electrons. The van der Waals surface area contributed by atoms with Gasteiger partial charge in [-0.1, -0.05) is 32.4 Å². The number of rotatable bonds is 10. The van der Waals surface area contributed by atoms with Gasteiger partial charge in [0.2, 0.25) is 5.91 Å². The Bertz CT molecular complexity index is 1690. The number of carbonyl (C=O) groups excluding carboxylic acids is 2. The lowest BCUT2D eigenvalue weighted by atomic mass is 9.92. The Morgan fingerprint density at radius 1 is 0.978 bits per heavy atom. The number of likely N-dealkylation sites (N-methyl/N-ethyl adjacent to an activating group) is 1. The molecule has 13 heteroatoms. The van der Waals surface area contributed by atoms with Gasteiger partial charge in [0.1, 0.15) is 23.1 Å². The van der Waals surface area contributed by atoms with Gasteiger partial charge in [-0.25, -0.2) is 4.79 Å². The molecule has 1 aliphatic heterocycles. The molecule has 12 nitrogen and oxygen atoms in total. The van der Waals surface area contributed by atoms with Crippen LogP contribution in [0.25, 0.3) is 10.9 Å². The molecule has 244 valence electrons. The van der Waals surface area contributed by atoms with E-state index in [2.05, 4.69) is 48.0 Å². The maximum absolute atomic E-state index is 12.6. The molecule has 46 heavy (non-hydrogen) atoms. The van der Waals surface area contributed by atoms with Gasteiger partial charge in [0.15, 0.2) is 0 Å². The minimum absolute atomic E-state index is 0.155. The summed E-state index contributed by atoms with van der Waals surface area (Å²) >= 11 is 6.52. The van der Waals surface area contributed by atoms with Crippen LogP contribution in [-0.2, 0) is 10.2 Å². The first kappa shape index (κ1) is 33.0. The number of amides is 3. The van der Waals surface area contributed by atoms with E-state index in [0.29, 0.717) is 52.0 Å². The largest absolute Gasteiger partial charge is 0.491 e. The average molecular weight is 649 g/mol. The van der Waals surface area contributed by atoms with E-state index >= 15 is 0 Å². The summed E-state index contributed by atoms with van der Waals surface area (Å²) in [6.45, 7) is 13.3. The molecule has 3 heterocycles. The number of nitrogens with one attached hydrogen (secondary N) is 4. The van der Waals surface area contributed by atoms with Crippen molar-refractivity contribution in [1.29, 1.82) is 0 Å². The normalized spacial score (nSPS) is 14.2. The second-order valence-electron chi connectivity index (χ2n) is 12.4. The van der Waals surface area contributed by atoms with Gasteiger partial charge >= 0.3 is 6.03 Å². The molecule has 1 saturated heterocycles. The number of fused-ring (bicyclic) bond motifs is 1. The highest BCUT2D eigenvalue weighted by Gasteiger charge is 2.19. The lowest BCUT2D eigenvalue weighted by Gasteiger charge is -2.32. The molecule has 0 spiro atoms. The second kappa shape index (κ2) is 14.4. The number of ether oxygens (including phenoxy) is 2. The number of urea groups is 1. The Morgan fingerprint density at radius 3 is 2.46 bits per heavy atom. The van der Waals surface area contributed by atoms with Gasteiger partial charge < -0.3 is 29.9 Å². The third kappa shape index (κ3) is 8.65. The zero-order valence-corrected chi connectivity index (χ0v) is 27.6. The van der Waals surface area contributed by atoms with Crippen LogP contribution in [0.5, 0.6) is 17.2 Å². The lowest BCUT2D eigenvalue weighted by Crippen LogP contribution is -2.44. The van der Waals surface area contributed by atoms with Crippen LogP contribution in [0.1, 0.15) is 39.8 Å². The van der Waals surface area contributed by atoms with E-state index in [1.807, 2.05) is 26.8 Å². The Labute approximate surface area is 273 Å². The molecule has 1 aliphatic rings. The SMILES string of the molecule is CC(=O)Nc1cc2c(Oc3ccc(NC(=O)Nc4cc(C(C)(C)C)n[nH]4)c(Cl)c3)ccnc2cc1OCCCN1CCN(C)CC1. The maximum atomic E-state index is 12.6. The van der Waals surface area contributed by atoms with E-state index in [1.165, 1.54) is 6.92 Å². The number of nitrogens with zero attached hydrogens (tertiary/aromatic N) is 4. The highest BCUT2D eigenvalue weighted by molar-refractivity contribution is 6.34. The monoisotopic (exact) mass is 648 g/mol. The first-order chi connectivity index (χ1) is 21.9. The topological polar surface area (TPSA) is 137 Å². The third-order valence-electron chi connectivity index (χ3n) is 7.60. The van der Waals surface area contributed by atoms with Crippen LogP contribution in [0.3, 0.4) is 0 Å².